The van der Waals surface area contributed by atoms with Crippen molar-refractivity contribution in [3.8, 4) is 5.75 Å². The summed E-state index contributed by atoms with van der Waals surface area (Å²) in [7, 11) is 1.16. The van der Waals surface area contributed by atoms with Gasteiger partial charge in [0.1, 0.15) is 36.0 Å². The highest BCUT2D eigenvalue weighted by molar-refractivity contribution is 5.99. The third-order valence-corrected chi connectivity index (χ3v) is 11.7. The molecule has 15 N–H and O–H groups in total. The molecule has 0 saturated carbocycles. The molecule has 26 nitrogen and oxygen atoms in total. The Morgan fingerprint density at radius 2 is 1.49 bits per heavy atom. The highest BCUT2D eigenvalue weighted by Gasteiger charge is 2.35. The Balaban J connectivity index is 1.67. The molecule has 73 heavy (non-hydrogen) atoms. The average molecular weight is 1020 g/mol. The molecule has 2 aromatic carbocycles. The van der Waals surface area contributed by atoms with Crippen LogP contribution in [0.3, 0.4) is 0 Å². The predicted octanol–water partition coefficient (Wildman–Crippen LogP) is -4.63. The van der Waals surface area contributed by atoms with Crippen molar-refractivity contribution in [2.24, 2.45) is 28.1 Å². The fourth-order valence-corrected chi connectivity index (χ4v) is 7.55. The first-order valence-electron chi connectivity index (χ1n) is 23.3. The van der Waals surface area contributed by atoms with Gasteiger partial charge in [-0.25, -0.2) is 0 Å². The molecular formula is C47H62N13O13-. The Labute approximate surface area is 418 Å². The summed E-state index contributed by atoms with van der Waals surface area (Å²) in [5.74, 6) is -12.2. The van der Waals surface area contributed by atoms with Gasteiger partial charge in [-0.3, -0.25) is 57.7 Å². The van der Waals surface area contributed by atoms with E-state index in [1.807, 2.05) is 0 Å². The van der Waals surface area contributed by atoms with Crippen LogP contribution >= 0.6 is 0 Å². The number of hydrogen-bond acceptors (Lipinski definition) is 14. The number of nitrogens with zero attached hydrogens (tertiary/aromatic N) is 2. The van der Waals surface area contributed by atoms with Gasteiger partial charge in [-0.15, -0.1) is 0 Å². The molecule has 394 valence electrons. The maximum absolute atomic E-state index is 14.2. The minimum atomic E-state index is -1.87. The number of H-pyrrole nitrogens is 1. The lowest BCUT2D eigenvalue weighted by atomic mass is 9.97. The van der Waals surface area contributed by atoms with E-state index in [-0.39, 0.29) is 25.0 Å². The molecule has 3 aromatic rings. The number of carbonyl (C=O) groups excluding carboxylic acids is 11. The van der Waals surface area contributed by atoms with E-state index in [4.69, 9.17) is 17.2 Å². The Bertz CT molecular complexity index is 2570. The van der Waals surface area contributed by atoms with Gasteiger partial charge in [0.2, 0.25) is 65.0 Å². The molecule has 26 heteroatoms. The van der Waals surface area contributed by atoms with Gasteiger partial charge in [-0.2, -0.15) is 0 Å². The fourth-order valence-electron chi connectivity index (χ4n) is 7.55. The molecule has 0 fully saturated rings. The maximum atomic E-state index is 14.2. The largest absolute Gasteiger partial charge is 0.861 e. The Morgan fingerprint density at radius 3 is 2.15 bits per heavy atom. The summed E-state index contributed by atoms with van der Waals surface area (Å²) in [6, 6.07) is 3.32. The average Bonchev–Trinajstić information content (AvgIpc) is 3.75. The summed E-state index contributed by atoms with van der Waals surface area (Å²) in [5, 5.41) is 41.5. The van der Waals surface area contributed by atoms with Crippen molar-refractivity contribution in [2.45, 2.75) is 101 Å². The van der Waals surface area contributed by atoms with E-state index in [2.05, 4.69) is 47.2 Å². The minimum Gasteiger partial charge on any atom is -0.861 e. The number of fused-ring (bicyclic) bond motifs is 1. The summed E-state index contributed by atoms with van der Waals surface area (Å²) < 4.78 is 0. The van der Waals surface area contributed by atoms with Crippen LogP contribution in [-0.2, 0) is 65.6 Å². The van der Waals surface area contributed by atoms with E-state index in [9.17, 15) is 63.0 Å². The number of aromatic nitrogens is 1. The molecule has 1 aliphatic heterocycles. The predicted molar refractivity (Wildman–Crippen MR) is 258 cm³/mol. The van der Waals surface area contributed by atoms with Gasteiger partial charge in [0.05, 0.1) is 25.6 Å². The number of amides is 11. The Hall–Kier alpha value is -8.58. The molecule has 0 saturated heterocycles. The molecule has 0 spiro atoms. The lowest BCUT2D eigenvalue weighted by molar-refractivity contribution is -0.222. The van der Waals surface area contributed by atoms with E-state index < -0.39 is 165 Å². The number of primary amides is 3. The number of phenolic OH excluding ortho intramolecular Hbond substituents is 1. The van der Waals surface area contributed by atoms with Gasteiger partial charge >= 0.3 is 0 Å². The molecule has 7 atom stereocenters. The van der Waals surface area contributed by atoms with Crippen LogP contribution in [0.25, 0.3) is 10.9 Å². The number of rotatable bonds is 18. The van der Waals surface area contributed by atoms with Crippen LogP contribution in [0.5, 0.6) is 5.75 Å². The van der Waals surface area contributed by atoms with Gasteiger partial charge in [0.25, 0.3) is 0 Å². The van der Waals surface area contributed by atoms with Crippen LogP contribution in [0, 0.1) is 5.92 Å². The van der Waals surface area contributed by atoms with Gasteiger partial charge in [-0.1, -0.05) is 50.6 Å². The number of aromatic amines is 1. The van der Waals surface area contributed by atoms with Crippen molar-refractivity contribution in [3.63, 3.8) is 0 Å². The zero-order chi connectivity index (χ0) is 53.9. The number of carbonyl (C=O) groups is 11. The Morgan fingerprint density at radius 1 is 0.836 bits per heavy atom. The van der Waals surface area contributed by atoms with Crippen molar-refractivity contribution < 1.29 is 63.0 Å². The lowest BCUT2D eigenvalue weighted by Crippen LogP contribution is -2.60. The molecule has 2 unspecified atom stereocenters. The molecule has 2 heterocycles. The van der Waals surface area contributed by atoms with Crippen LogP contribution in [0.2, 0.25) is 0 Å². The highest BCUT2D eigenvalue weighted by Crippen LogP contribution is 2.20. The summed E-state index contributed by atoms with van der Waals surface area (Å²) in [6.07, 6.45) is -1.21. The van der Waals surface area contributed by atoms with Gasteiger partial charge in [0, 0.05) is 56.4 Å². The van der Waals surface area contributed by atoms with Crippen molar-refractivity contribution in [2.75, 3.05) is 26.7 Å². The highest BCUT2D eigenvalue weighted by atomic mass is 16.3. The molecule has 4 rings (SSSR count). The van der Waals surface area contributed by atoms with Crippen LogP contribution in [0.15, 0.2) is 59.7 Å². The number of aliphatic imine (C=N–C) groups is 1. The van der Waals surface area contributed by atoms with Crippen LogP contribution in [-0.4, -0.2) is 149 Å². The number of likely N-dealkylation sites (N-methyl/N-ethyl adjacent to an activating group) is 1. The molecule has 1 aromatic heterocycles. The smallest absolute Gasteiger partial charge is 0.247 e. The normalized spacial score (nSPS) is 20.3. The van der Waals surface area contributed by atoms with Crippen molar-refractivity contribution in [1.82, 2.24) is 47.1 Å². The molecule has 0 aliphatic carbocycles. The third kappa shape index (κ3) is 18.0. The summed E-state index contributed by atoms with van der Waals surface area (Å²) in [5.41, 5.74) is 17.9. The number of nitrogens with one attached hydrogen (secondary N) is 8. The van der Waals surface area contributed by atoms with Gasteiger partial charge in [0.15, 0.2) is 0 Å². The summed E-state index contributed by atoms with van der Waals surface area (Å²) in [6.45, 7) is 1.27. The number of benzene rings is 2. The van der Waals surface area contributed by atoms with Crippen LogP contribution < -0.4 is 59.5 Å². The summed E-state index contributed by atoms with van der Waals surface area (Å²) >= 11 is 0. The molecular weight excluding hydrogens is 955 g/mol. The van der Waals surface area contributed by atoms with E-state index in [1.54, 1.807) is 44.3 Å². The first kappa shape index (κ1) is 57.0. The monoisotopic (exact) mass is 1020 g/mol. The lowest BCUT2D eigenvalue weighted by Gasteiger charge is -2.30. The van der Waals surface area contributed by atoms with Gasteiger partial charge < -0.3 is 74.5 Å². The minimum absolute atomic E-state index is 0.0794. The van der Waals surface area contributed by atoms with E-state index in [0.717, 1.165) is 22.9 Å². The van der Waals surface area contributed by atoms with Crippen molar-refractivity contribution >= 4 is 81.8 Å². The quantitative estimate of drug-likeness (QED) is 0.0572. The SMILES string of the molecule is CCC(C)C1N=C([O-])[C@H](Cc2ccc(O)cc2)NC(=O)CCC(=O)NC[C@@H](C(=O)N(C)CC(=O)N[C@@H](Cc2c[nH]c3ccccc23)C(=O)NCC(N)=O)NC(=O)[C@H](CC(N)=O)NC(=O)[C@H](CCC(N)=O)NC1=O. The summed E-state index contributed by atoms with van der Waals surface area (Å²) in [4.78, 5) is 154. The number of hydrogen-bond donors (Lipinski definition) is 12. The molecule has 0 radical (unpaired) electrons. The number of phenols is 1. The first-order chi connectivity index (χ1) is 34.5. The zero-order valence-electron chi connectivity index (χ0n) is 40.5. The van der Waals surface area contributed by atoms with E-state index in [1.165, 1.54) is 24.3 Å². The molecule has 1 aliphatic rings. The second kappa shape index (κ2) is 27.1. The molecule has 0 bridgehead atoms. The van der Waals surface area contributed by atoms with Crippen LogP contribution in [0.4, 0.5) is 0 Å². The molecule has 11 amide bonds. The number of para-hydroxylation sites is 1. The topological polar surface area (TPSA) is 425 Å². The fraction of sp³-hybridized carbons (Fsp3) is 0.447. The first-order valence-corrected chi connectivity index (χ1v) is 23.3. The van der Waals surface area contributed by atoms with E-state index in [0.29, 0.717) is 11.1 Å². The second-order valence-electron chi connectivity index (χ2n) is 17.5. The Kier molecular flexibility index (Phi) is 21.2. The van der Waals surface area contributed by atoms with Crippen molar-refractivity contribution in [3.05, 3.63) is 65.9 Å². The maximum Gasteiger partial charge on any atom is 0.247 e. The van der Waals surface area contributed by atoms with E-state index >= 15 is 0 Å². The number of nitrogens with two attached hydrogens (primary N) is 3. The second-order valence-corrected chi connectivity index (χ2v) is 17.5. The third-order valence-electron chi connectivity index (χ3n) is 11.7. The van der Waals surface area contributed by atoms with Crippen molar-refractivity contribution in [1.29, 1.82) is 0 Å². The standard InChI is InChI=1S/C47H63N13O13/c1-4-24(2)41-46(72)56-30(13-14-35(48)62)43(69)57-33(19-36(49)63)44(70)58-34(21-52-38(65)15-16-39(66)54-31(45(71)59-41)17-25-9-11-27(61)12-10-25)47(73)60(3)23-40(67)55-32(42(68)53-22-37(50)64)18-26-20-51-29-8-6-5-7-28(26)29/h5-12,20,24,30-34,41,51,61H,4,13-19,21-23H2,1-3H3,(H2,48,62)(H2,49,63)(H2,50,64)(H,52,65)(H,53,68)(H,54,66)(H,55,67)(H,56,72)(H,57,69)(H,58,70)(H,59,71)/p-1/t24?,30-,31-,32-,33-,34-,41?/m0/s1. The van der Waals surface area contributed by atoms with Crippen LogP contribution in [0.1, 0.15) is 63.5 Å². The zero-order valence-corrected chi connectivity index (χ0v) is 40.5. The number of aromatic hydroxyl groups is 1. The van der Waals surface area contributed by atoms with Gasteiger partial charge in [-0.05, 0) is 54.0 Å².